The number of nitrogens with zero attached hydrogens (tertiary/aromatic N) is 3. The lowest BCUT2D eigenvalue weighted by Crippen LogP contribution is -2.28. The molecule has 1 amide bonds. The van der Waals surface area contributed by atoms with Crippen molar-refractivity contribution in [1.29, 1.82) is 0 Å². The summed E-state index contributed by atoms with van der Waals surface area (Å²) < 4.78 is 0. The molecule has 0 fully saturated rings. The van der Waals surface area contributed by atoms with Crippen molar-refractivity contribution in [3.63, 3.8) is 0 Å². The van der Waals surface area contributed by atoms with Gasteiger partial charge >= 0.3 is 0 Å². The van der Waals surface area contributed by atoms with Gasteiger partial charge < -0.3 is 16.0 Å². The summed E-state index contributed by atoms with van der Waals surface area (Å²) >= 11 is 0. The summed E-state index contributed by atoms with van der Waals surface area (Å²) in [5.74, 6) is 1.54. The molecule has 0 aliphatic rings. The molecule has 18 heavy (non-hydrogen) atoms. The quantitative estimate of drug-likeness (QED) is 0.807. The van der Waals surface area contributed by atoms with Crippen LogP contribution >= 0.6 is 0 Å². The number of carbonyl (C=O) groups is 1. The second-order valence-electron chi connectivity index (χ2n) is 4.50. The highest BCUT2D eigenvalue weighted by atomic mass is 16.1. The Morgan fingerprint density at radius 3 is 2.72 bits per heavy atom. The van der Waals surface area contributed by atoms with Gasteiger partial charge in [-0.1, -0.05) is 13.8 Å². The van der Waals surface area contributed by atoms with Crippen molar-refractivity contribution < 1.29 is 4.79 Å². The number of hydrogen-bond acceptors (Lipinski definition) is 5. The van der Waals surface area contributed by atoms with Gasteiger partial charge in [0.05, 0.1) is 0 Å². The van der Waals surface area contributed by atoms with Crippen LogP contribution in [0.2, 0.25) is 0 Å². The van der Waals surface area contributed by atoms with Crippen molar-refractivity contribution in [2.75, 3.05) is 31.3 Å². The Bertz CT molecular complexity index is 419. The number of rotatable bonds is 5. The zero-order chi connectivity index (χ0) is 13.7. The van der Waals surface area contributed by atoms with E-state index >= 15 is 0 Å². The predicted octanol–water partition coefficient (Wildman–Crippen LogP) is 0.754. The Hall–Kier alpha value is -1.85. The summed E-state index contributed by atoms with van der Waals surface area (Å²) in [6.45, 7) is 4.69. The Kier molecular flexibility index (Phi) is 4.88. The maximum atomic E-state index is 11.2. The average molecular weight is 251 g/mol. The monoisotopic (exact) mass is 251 g/mol. The summed E-state index contributed by atoms with van der Waals surface area (Å²) in [7, 11) is 3.53. The molecule has 0 bridgehead atoms. The minimum Gasteiger partial charge on any atom is -0.383 e. The van der Waals surface area contributed by atoms with E-state index in [1.54, 1.807) is 7.05 Å². The van der Waals surface area contributed by atoms with E-state index in [0.29, 0.717) is 18.8 Å². The highest BCUT2D eigenvalue weighted by Gasteiger charge is 2.16. The van der Waals surface area contributed by atoms with E-state index in [2.05, 4.69) is 15.3 Å². The average Bonchev–Trinajstić information content (AvgIpc) is 2.34. The molecule has 0 atom stereocenters. The van der Waals surface area contributed by atoms with E-state index in [1.165, 1.54) is 6.33 Å². The lowest BCUT2D eigenvalue weighted by molar-refractivity contribution is -0.120. The van der Waals surface area contributed by atoms with Crippen molar-refractivity contribution in [3.8, 4) is 0 Å². The Labute approximate surface area is 108 Å². The van der Waals surface area contributed by atoms with Crippen LogP contribution in [0.3, 0.4) is 0 Å². The Morgan fingerprint density at radius 1 is 1.50 bits per heavy atom. The van der Waals surface area contributed by atoms with Crippen LogP contribution in [0.25, 0.3) is 0 Å². The van der Waals surface area contributed by atoms with E-state index in [-0.39, 0.29) is 11.8 Å². The van der Waals surface area contributed by atoms with Gasteiger partial charge in [0, 0.05) is 32.6 Å². The molecule has 1 aromatic heterocycles. The Morgan fingerprint density at radius 2 is 2.17 bits per heavy atom. The minimum atomic E-state index is 0.00924. The third-order valence-electron chi connectivity index (χ3n) is 2.79. The smallest absolute Gasteiger partial charge is 0.221 e. The molecule has 1 rings (SSSR count). The van der Waals surface area contributed by atoms with Gasteiger partial charge in [-0.05, 0) is 5.92 Å². The normalized spacial score (nSPS) is 10.5. The number of carbonyl (C=O) groups excluding carboxylic acids is 1. The summed E-state index contributed by atoms with van der Waals surface area (Å²) in [6, 6.07) is 0. The largest absolute Gasteiger partial charge is 0.383 e. The Balaban J connectivity index is 2.88. The van der Waals surface area contributed by atoms with E-state index in [4.69, 9.17) is 5.73 Å². The van der Waals surface area contributed by atoms with Crippen LogP contribution in [-0.4, -0.2) is 36.5 Å². The lowest BCUT2D eigenvalue weighted by atomic mass is 10.0. The van der Waals surface area contributed by atoms with Crippen molar-refractivity contribution in [2.45, 2.75) is 26.2 Å². The van der Waals surface area contributed by atoms with Crippen LogP contribution in [0.5, 0.6) is 0 Å². The highest BCUT2D eigenvalue weighted by molar-refractivity contribution is 5.76. The molecule has 1 heterocycles. The fourth-order valence-corrected chi connectivity index (χ4v) is 1.76. The molecule has 0 aromatic carbocycles. The predicted molar refractivity (Wildman–Crippen MR) is 72.5 cm³/mol. The molecule has 0 saturated heterocycles. The molecular weight excluding hydrogens is 230 g/mol. The molecule has 0 radical (unpaired) electrons. The van der Waals surface area contributed by atoms with Crippen LogP contribution in [0, 0.1) is 0 Å². The zero-order valence-electron chi connectivity index (χ0n) is 11.4. The van der Waals surface area contributed by atoms with Crippen molar-refractivity contribution in [3.05, 3.63) is 11.9 Å². The van der Waals surface area contributed by atoms with Crippen LogP contribution < -0.4 is 16.0 Å². The second-order valence-corrected chi connectivity index (χ2v) is 4.50. The first kappa shape index (κ1) is 14.2. The summed E-state index contributed by atoms with van der Waals surface area (Å²) in [5, 5.41) is 2.60. The molecule has 6 nitrogen and oxygen atoms in total. The summed E-state index contributed by atoms with van der Waals surface area (Å²) in [6.07, 6.45) is 1.88. The molecule has 0 unspecified atom stereocenters. The van der Waals surface area contributed by atoms with Gasteiger partial charge in [-0.25, -0.2) is 9.97 Å². The van der Waals surface area contributed by atoms with Gasteiger partial charge in [0.25, 0.3) is 0 Å². The van der Waals surface area contributed by atoms with Gasteiger partial charge in [0.15, 0.2) is 0 Å². The third-order valence-corrected chi connectivity index (χ3v) is 2.79. The van der Waals surface area contributed by atoms with E-state index < -0.39 is 0 Å². The van der Waals surface area contributed by atoms with Crippen LogP contribution in [0.4, 0.5) is 11.6 Å². The molecule has 0 saturated carbocycles. The number of anilines is 2. The number of hydrogen-bond donors (Lipinski definition) is 2. The van der Waals surface area contributed by atoms with Gasteiger partial charge in [0.1, 0.15) is 18.0 Å². The van der Waals surface area contributed by atoms with E-state index in [1.807, 2.05) is 25.8 Å². The molecule has 0 spiro atoms. The standard InChI is InChI=1S/C12H21N5O/c1-8(2)10-11(13)15-7-16-12(10)17(4)6-5-9(18)14-3/h7-8H,5-6H2,1-4H3,(H,14,18)(H2,13,15,16). The summed E-state index contributed by atoms with van der Waals surface area (Å²) in [5.41, 5.74) is 6.81. The number of nitrogens with two attached hydrogens (primary N) is 1. The molecule has 0 aliphatic heterocycles. The van der Waals surface area contributed by atoms with Gasteiger partial charge in [-0.15, -0.1) is 0 Å². The van der Waals surface area contributed by atoms with E-state index in [0.717, 1.165) is 11.4 Å². The maximum Gasteiger partial charge on any atom is 0.221 e. The van der Waals surface area contributed by atoms with Gasteiger partial charge in [0.2, 0.25) is 5.91 Å². The first-order valence-electron chi connectivity index (χ1n) is 5.99. The minimum absolute atomic E-state index is 0.00924. The maximum absolute atomic E-state index is 11.2. The fourth-order valence-electron chi connectivity index (χ4n) is 1.76. The number of nitrogen functional groups attached to an aromatic ring is 1. The molecule has 1 aromatic rings. The first-order chi connectivity index (χ1) is 8.47. The first-order valence-corrected chi connectivity index (χ1v) is 5.99. The number of aromatic nitrogens is 2. The molecule has 100 valence electrons. The SMILES string of the molecule is CNC(=O)CCN(C)c1ncnc(N)c1C(C)C. The second kappa shape index (κ2) is 6.18. The van der Waals surface area contributed by atoms with Crippen molar-refractivity contribution in [1.82, 2.24) is 15.3 Å². The van der Waals surface area contributed by atoms with Crippen LogP contribution in [-0.2, 0) is 4.79 Å². The zero-order valence-corrected chi connectivity index (χ0v) is 11.4. The van der Waals surface area contributed by atoms with Gasteiger partial charge in [-0.3, -0.25) is 4.79 Å². The molecular formula is C12H21N5O. The summed E-state index contributed by atoms with van der Waals surface area (Å²) in [4.78, 5) is 21.5. The van der Waals surface area contributed by atoms with Gasteiger partial charge in [-0.2, -0.15) is 0 Å². The number of amides is 1. The molecule has 6 heteroatoms. The van der Waals surface area contributed by atoms with Crippen molar-refractivity contribution in [2.24, 2.45) is 0 Å². The topological polar surface area (TPSA) is 84.1 Å². The fraction of sp³-hybridized carbons (Fsp3) is 0.583. The van der Waals surface area contributed by atoms with Crippen LogP contribution in [0.1, 0.15) is 31.7 Å². The van der Waals surface area contributed by atoms with E-state index in [9.17, 15) is 4.79 Å². The highest BCUT2D eigenvalue weighted by Crippen LogP contribution is 2.28. The third kappa shape index (κ3) is 3.32. The lowest BCUT2D eigenvalue weighted by Gasteiger charge is -2.22. The molecule has 0 aliphatic carbocycles. The van der Waals surface area contributed by atoms with Crippen molar-refractivity contribution >= 4 is 17.5 Å². The molecule has 3 N–H and O–H groups in total. The number of nitrogens with one attached hydrogen (secondary N) is 1. The van der Waals surface area contributed by atoms with Crippen LogP contribution in [0.15, 0.2) is 6.33 Å².